The number of methoxy groups -OCH3 is 1. The summed E-state index contributed by atoms with van der Waals surface area (Å²) in [5.41, 5.74) is 0.530. The van der Waals surface area contributed by atoms with Crippen LogP contribution in [0.15, 0.2) is 48.5 Å². The van der Waals surface area contributed by atoms with Gasteiger partial charge in [0.1, 0.15) is 11.5 Å². The Morgan fingerprint density at radius 2 is 1.85 bits per heavy atom. The van der Waals surface area contributed by atoms with Crippen molar-refractivity contribution in [2.45, 2.75) is 6.54 Å². The molecule has 0 unspecified atom stereocenters. The number of benzene rings is 2. The number of nitrogens with zero attached hydrogens (tertiary/aromatic N) is 2. The number of para-hydroxylation sites is 1. The lowest BCUT2D eigenvalue weighted by Crippen LogP contribution is -2.15. The number of carbonyl (C=O) groups is 1. The largest absolute Gasteiger partial charge is 0.505 e. The smallest absolute Gasteiger partial charge is 0.360 e. The Bertz CT molecular complexity index is 939. The van der Waals surface area contributed by atoms with Crippen LogP contribution in [-0.4, -0.2) is 42.2 Å². The molecule has 0 aliphatic rings. The molecule has 0 fully saturated rings. The highest BCUT2D eigenvalue weighted by molar-refractivity contribution is 6.02. The predicted molar refractivity (Wildman–Crippen MR) is 98.7 cm³/mol. The molecule has 0 spiro atoms. The van der Waals surface area contributed by atoms with Crippen molar-refractivity contribution >= 4 is 16.7 Å². The molecular weight excluding hydrogens is 332 g/mol. The molecule has 1 aromatic heterocycles. The minimum Gasteiger partial charge on any atom is -0.505 e. The summed E-state index contributed by atoms with van der Waals surface area (Å²) in [6.07, 6.45) is 0. The average Bonchev–Trinajstić information content (AvgIpc) is 2.64. The number of fused-ring (bicyclic) bond motifs is 1. The lowest BCUT2D eigenvalue weighted by molar-refractivity contribution is 0.0590. The van der Waals surface area contributed by atoms with Crippen molar-refractivity contribution in [1.29, 1.82) is 0 Å². The monoisotopic (exact) mass is 352 g/mol. The van der Waals surface area contributed by atoms with Crippen LogP contribution in [-0.2, 0) is 11.3 Å². The molecule has 134 valence electrons. The van der Waals surface area contributed by atoms with E-state index in [4.69, 9.17) is 9.47 Å². The van der Waals surface area contributed by atoms with Crippen LogP contribution in [0, 0.1) is 0 Å². The van der Waals surface area contributed by atoms with Gasteiger partial charge in [-0.3, -0.25) is 0 Å². The quantitative estimate of drug-likeness (QED) is 0.708. The van der Waals surface area contributed by atoms with E-state index in [9.17, 15) is 9.90 Å². The number of carbonyl (C=O) groups excluding carboxylic acids is 1. The highest BCUT2D eigenvalue weighted by Crippen LogP contribution is 2.39. The van der Waals surface area contributed by atoms with Gasteiger partial charge in [0.25, 0.3) is 0 Å². The Morgan fingerprint density at radius 3 is 2.50 bits per heavy atom. The number of hydrogen-bond acceptors (Lipinski definition) is 6. The Kier molecular flexibility index (Phi) is 5.04. The van der Waals surface area contributed by atoms with Gasteiger partial charge in [0.05, 0.1) is 18.2 Å². The van der Waals surface area contributed by atoms with E-state index in [1.807, 2.05) is 61.5 Å². The third-order valence-electron chi connectivity index (χ3n) is 3.86. The van der Waals surface area contributed by atoms with Crippen LogP contribution >= 0.6 is 0 Å². The third-order valence-corrected chi connectivity index (χ3v) is 3.86. The minimum atomic E-state index is -0.695. The van der Waals surface area contributed by atoms with Gasteiger partial charge < -0.3 is 19.5 Å². The molecule has 26 heavy (non-hydrogen) atoms. The number of pyridine rings is 1. The van der Waals surface area contributed by atoms with E-state index in [2.05, 4.69) is 4.98 Å². The highest BCUT2D eigenvalue weighted by atomic mass is 16.5. The van der Waals surface area contributed by atoms with Gasteiger partial charge >= 0.3 is 5.97 Å². The normalized spacial score (nSPS) is 10.9. The fourth-order valence-electron chi connectivity index (χ4n) is 2.74. The molecule has 0 saturated carbocycles. The van der Waals surface area contributed by atoms with Crippen LogP contribution in [0.3, 0.4) is 0 Å². The van der Waals surface area contributed by atoms with Crippen LogP contribution in [0.4, 0.5) is 0 Å². The van der Waals surface area contributed by atoms with E-state index in [0.717, 1.165) is 5.39 Å². The SMILES string of the molecule is COC(=O)c1nc(CN(C)C)c2cccc(Oc3ccccc3)c2c1O. The molecule has 0 saturated heterocycles. The molecule has 0 radical (unpaired) electrons. The van der Waals surface area contributed by atoms with E-state index in [1.165, 1.54) is 7.11 Å². The summed E-state index contributed by atoms with van der Waals surface area (Å²) in [5, 5.41) is 11.9. The van der Waals surface area contributed by atoms with Crippen molar-refractivity contribution in [1.82, 2.24) is 9.88 Å². The van der Waals surface area contributed by atoms with E-state index in [0.29, 0.717) is 29.1 Å². The molecular formula is C20H20N2O4. The summed E-state index contributed by atoms with van der Waals surface area (Å²) in [7, 11) is 5.07. The zero-order valence-corrected chi connectivity index (χ0v) is 14.9. The molecule has 3 rings (SSSR count). The lowest BCUT2D eigenvalue weighted by Gasteiger charge is -2.16. The van der Waals surface area contributed by atoms with Crippen molar-refractivity contribution in [2.75, 3.05) is 21.2 Å². The molecule has 0 bridgehead atoms. The van der Waals surface area contributed by atoms with E-state index < -0.39 is 5.97 Å². The number of hydrogen-bond donors (Lipinski definition) is 1. The van der Waals surface area contributed by atoms with Crippen LogP contribution in [0.25, 0.3) is 10.8 Å². The maximum Gasteiger partial charge on any atom is 0.360 e. The first-order valence-electron chi connectivity index (χ1n) is 8.11. The van der Waals surface area contributed by atoms with Crippen LogP contribution in [0.2, 0.25) is 0 Å². The Hall–Kier alpha value is -3.12. The fourth-order valence-corrected chi connectivity index (χ4v) is 2.74. The summed E-state index contributed by atoms with van der Waals surface area (Å²) < 4.78 is 10.7. The van der Waals surface area contributed by atoms with Gasteiger partial charge in [0, 0.05) is 11.9 Å². The van der Waals surface area contributed by atoms with E-state index in [-0.39, 0.29) is 11.4 Å². The number of ether oxygens (including phenoxy) is 2. The number of aromatic hydroxyl groups is 1. The first-order chi connectivity index (χ1) is 12.5. The molecule has 0 amide bonds. The second-order valence-electron chi connectivity index (χ2n) is 6.08. The van der Waals surface area contributed by atoms with Crippen LogP contribution < -0.4 is 4.74 Å². The maximum atomic E-state index is 12.1. The second-order valence-corrected chi connectivity index (χ2v) is 6.08. The summed E-state index contributed by atoms with van der Waals surface area (Å²) in [4.78, 5) is 18.4. The molecule has 0 aliphatic carbocycles. The van der Waals surface area contributed by atoms with E-state index in [1.54, 1.807) is 6.07 Å². The van der Waals surface area contributed by atoms with Gasteiger partial charge in [-0.25, -0.2) is 9.78 Å². The molecule has 3 aromatic rings. The van der Waals surface area contributed by atoms with E-state index >= 15 is 0 Å². The molecule has 0 atom stereocenters. The molecule has 1 heterocycles. The Morgan fingerprint density at radius 1 is 1.12 bits per heavy atom. The summed E-state index contributed by atoms with van der Waals surface area (Å²) in [5.74, 6) is 0.128. The second kappa shape index (κ2) is 7.41. The standard InChI is InChI=1S/C20H20N2O4/c1-22(2)12-15-14-10-7-11-16(26-13-8-5-4-6-9-13)17(14)19(23)18(21-15)20(24)25-3/h4-11,23H,12H2,1-3H3. The van der Waals surface area contributed by atoms with Crippen molar-refractivity contribution in [3.05, 3.63) is 59.9 Å². The summed E-state index contributed by atoms with van der Waals surface area (Å²) in [6, 6.07) is 14.7. The predicted octanol–water partition coefficient (Wildman–Crippen LogP) is 3.58. The first-order valence-corrected chi connectivity index (χ1v) is 8.11. The average molecular weight is 352 g/mol. The fraction of sp³-hybridized carbons (Fsp3) is 0.200. The molecule has 6 nitrogen and oxygen atoms in total. The van der Waals surface area contributed by atoms with Crippen LogP contribution in [0.1, 0.15) is 16.2 Å². The highest BCUT2D eigenvalue weighted by Gasteiger charge is 2.22. The zero-order chi connectivity index (χ0) is 18.7. The van der Waals surface area contributed by atoms with Crippen molar-refractivity contribution < 1.29 is 19.4 Å². The number of rotatable bonds is 5. The van der Waals surface area contributed by atoms with Gasteiger partial charge in [0.2, 0.25) is 0 Å². The van der Waals surface area contributed by atoms with Crippen molar-refractivity contribution in [2.24, 2.45) is 0 Å². The molecule has 0 aliphatic heterocycles. The van der Waals surface area contributed by atoms with Gasteiger partial charge in [0.15, 0.2) is 11.4 Å². The molecule has 1 N–H and O–H groups in total. The topological polar surface area (TPSA) is 71.9 Å². The number of aromatic nitrogens is 1. The number of esters is 1. The van der Waals surface area contributed by atoms with Crippen molar-refractivity contribution in [3.63, 3.8) is 0 Å². The Balaban J connectivity index is 2.24. The third kappa shape index (κ3) is 3.45. The van der Waals surface area contributed by atoms with Gasteiger partial charge in [-0.1, -0.05) is 30.3 Å². The van der Waals surface area contributed by atoms with Gasteiger partial charge in [-0.15, -0.1) is 0 Å². The van der Waals surface area contributed by atoms with Gasteiger partial charge in [-0.05, 0) is 32.3 Å². The summed E-state index contributed by atoms with van der Waals surface area (Å²) in [6.45, 7) is 0.496. The first kappa shape index (κ1) is 17.7. The van der Waals surface area contributed by atoms with Gasteiger partial charge in [-0.2, -0.15) is 0 Å². The molecule has 6 heteroatoms. The van der Waals surface area contributed by atoms with Crippen molar-refractivity contribution in [3.8, 4) is 17.2 Å². The molecule has 2 aromatic carbocycles. The lowest BCUT2D eigenvalue weighted by atomic mass is 10.1. The van der Waals surface area contributed by atoms with Crippen LogP contribution in [0.5, 0.6) is 17.2 Å². The maximum absolute atomic E-state index is 12.1. The zero-order valence-electron chi connectivity index (χ0n) is 14.9. The Labute approximate surface area is 151 Å². The minimum absolute atomic E-state index is 0.124. The summed E-state index contributed by atoms with van der Waals surface area (Å²) >= 11 is 0.